The zero-order chi connectivity index (χ0) is 16.1. The summed E-state index contributed by atoms with van der Waals surface area (Å²) in [7, 11) is 0. The van der Waals surface area contributed by atoms with Gasteiger partial charge in [-0.05, 0) is 30.2 Å². The highest BCUT2D eigenvalue weighted by Crippen LogP contribution is 2.34. The second-order valence-electron chi connectivity index (χ2n) is 4.83. The number of amides is 1. The lowest BCUT2D eigenvalue weighted by molar-refractivity contribution is -0.145. The molecule has 0 aliphatic carbocycles. The number of carbonyl (C=O) groups is 2. The molecule has 0 spiro atoms. The van der Waals surface area contributed by atoms with Crippen LogP contribution in [0.25, 0.3) is 6.08 Å². The summed E-state index contributed by atoms with van der Waals surface area (Å²) in [5.74, 6) is -1.36. The lowest BCUT2D eigenvalue weighted by Crippen LogP contribution is -2.43. The van der Waals surface area contributed by atoms with E-state index < -0.39 is 12.0 Å². The molecular weight excluding hydrogens is 320 g/mol. The fraction of sp³-hybridized carbons (Fsp3) is 0.333. The van der Waals surface area contributed by atoms with E-state index in [-0.39, 0.29) is 5.91 Å². The molecule has 1 aliphatic rings. The number of rotatable bonds is 6. The van der Waals surface area contributed by atoms with Gasteiger partial charge in [0, 0.05) is 12.4 Å². The summed E-state index contributed by atoms with van der Waals surface area (Å²) in [6.07, 6.45) is 6.98. The third-order valence-corrected chi connectivity index (χ3v) is 4.59. The van der Waals surface area contributed by atoms with Crippen LogP contribution in [0.4, 0.5) is 0 Å². The number of carboxylic acids is 1. The Labute approximate surface area is 138 Å². The highest BCUT2D eigenvalue weighted by atomic mass is 32.2. The summed E-state index contributed by atoms with van der Waals surface area (Å²) in [6.45, 7) is 1.98. The van der Waals surface area contributed by atoms with Gasteiger partial charge in [-0.3, -0.25) is 14.7 Å². The van der Waals surface area contributed by atoms with Gasteiger partial charge in [-0.1, -0.05) is 43.7 Å². The number of aromatic nitrogens is 1. The molecule has 7 heteroatoms. The summed E-state index contributed by atoms with van der Waals surface area (Å²) in [6, 6.07) is 2.66. The summed E-state index contributed by atoms with van der Waals surface area (Å²) < 4.78 is 0.300. The fourth-order valence-electron chi connectivity index (χ4n) is 2.12. The van der Waals surface area contributed by atoms with Gasteiger partial charge in [0.1, 0.15) is 10.4 Å². The molecule has 2 rings (SSSR count). The Morgan fingerprint density at radius 1 is 1.50 bits per heavy atom. The lowest BCUT2D eigenvalue weighted by Gasteiger charge is -2.22. The molecule has 116 valence electrons. The summed E-state index contributed by atoms with van der Waals surface area (Å²) in [5, 5.41) is 9.38. The van der Waals surface area contributed by atoms with Gasteiger partial charge in [-0.15, -0.1) is 0 Å². The minimum atomic E-state index is -1.02. The van der Waals surface area contributed by atoms with Gasteiger partial charge in [-0.2, -0.15) is 0 Å². The van der Waals surface area contributed by atoms with E-state index in [0.29, 0.717) is 15.6 Å². The van der Waals surface area contributed by atoms with Crippen molar-refractivity contribution in [3.63, 3.8) is 0 Å². The number of hydrogen-bond acceptors (Lipinski definition) is 5. The molecule has 0 radical (unpaired) electrons. The smallest absolute Gasteiger partial charge is 0.326 e. The summed E-state index contributed by atoms with van der Waals surface area (Å²) in [5.41, 5.74) is 0.830. The van der Waals surface area contributed by atoms with Crippen LogP contribution in [0.1, 0.15) is 31.7 Å². The molecule has 1 saturated heterocycles. The summed E-state index contributed by atoms with van der Waals surface area (Å²) in [4.78, 5) is 29.5. The van der Waals surface area contributed by atoms with E-state index in [2.05, 4.69) is 4.98 Å². The SMILES string of the molecule is CCCC[C@@H](C(=O)O)N1C(=O)/C(=C/c2ccncc2)SC1=S. The minimum Gasteiger partial charge on any atom is -0.480 e. The van der Waals surface area contributed by atoms with Gasteiger partial charge >= 0.3 is 5.97 Å². The molecular formula is C15H16N2O3S2. The van der Waals surface area contributed by atoms with E-state index in [0.717, 1.165) is 30.2 Å². The fourth-order valence-corrected chi connectivity index (χ4v) is 3.48. The molecule has 1 atom stereocenters. The average molecular weight is 336 g/mol. The van der Waals surface area contributed by atoms with Gasteiger partial charge < -0.3 is 5.11 Å². The first-order valence-electron chi connectivity index (χ1n) is 6.94. The van der Waals surface area contributed by atoms with E-state index in [1.807, 2.05) is 6.92 Å². The zero-order valence-corrected chi connectivity index (χ0v) is 13.7. The maximum atomic E-state index is 12.5. The first-order chi connectivity index (χ1) is 10.5. The van der Waals surface area contributed by atoms with Crippen LogP contribution in [0.2, 0.25) is 0 Å². The molecule has 1 aromatic heterocycles. The minimum absolute atomic E-state index is 0.300. The lowest BCUT2D eigenvalue weighted by atomic mass is 10.1. The van der Waals surface area contributed by atoms with Crippen molar-refractivity contribution in [2.24, 2.45) is 0 Å². The average Bonchev–Trinajstić information content (AvgIpc) is 2.76. The predicted molar refractivity (Wildman–Crippen MR) is 90.2 cm³/mol. The molecule has 0 aromatic carbocycles. The molecule has 0 saturated carbocycles. The number of carbonyl (C=O) groups excluding carboxylic acids is 1. The van der Waals surface area contributed by atoms with Gasteiger partial charge in [0.2, 0.25) is 0 Å². The van der Waals surface area contributed by atoms with Crippen LogP contribution < -0.4 is 0 Å². The third-order valence-electron chi connectivity index (χ3n) is 3.26. The molecule has 1 N–H and O–H groups in total. The van der Waals surface area contributed by atoms with Crippen LogP contribution in [0.5, 0.6) is 0 Å². The number of aliphatic carboxylic acids is 1. The Kier molecular flexibility index (Phi) is 5.68. The highest BCUT2D eigenvalue weighted by Gasteiger charge is 2.39. The molecule has 5 nitrogen and oxygen atoms in total. The maximum absolute atomic E-state index is 12.5. The molecule has 0 unspecified atom stereocenters. The normalized spacial score (nSPS) is 18.0. The first-order valence-corrected chi connectivity index (χ1v) is 8.17. The van der Waals surface area contributed by atoms with Crippen LogP contribution in [-0.4, -0.2) is 37.2 Å². The Bertz CT molecular complexity index is 616. The van der Waals surface area contributed by atoms with Crippen LogP contribution in [0.3, 0.4) is 0 Å². The van der Waals surface area contributed by atoms with Crippen LogP contribution >= 0.6 is 24.0 Å². The molecule has 1 fully saturated rings. The van der Waals surface area contributed by atoms with Crippen LogP contribution in [0, 0.1) is 0 Å². The molecule has 1 aliphatic heterocycles. The second-order valence-corrected chi connectivity index (χ2v) is 6.50. The van der Waals surface area contributed by atoms with E-state index in [4.69, 9.17) is 12.2 Å². The number of unbranched alkanes of at least 4 members (excludes halogenated alkanes) is 1. The number of thioether (sulfide) groups is 1. The Morgan fingerprint density at radius 3 is 2.77 bits per heavy atom. The van der Waals surface area contributed by atoms with Crippen molar-refractivity contribution in [2.75, 3.05) is 0 Å². The second kappa shape index (κ2) is 7.51. The molecule has 1 aromatic rings. The van der Waals surface area contributed by atoms with Crippen molar-refractivity contribution in [2.45, 2.75) is 32.2 Å². The number of nitrogens with zero attached hydrogens (tertiary/aromatic N) is 2. The van der Waals surface area contributed by atoms with Crippen molar-refractivity contribution in [3.05, 3.63) is 35.0 Å². The standard InChI is InChI=1S/C15H16N2O3S2/c1-2-3-4-11(14(19)20)17-13(18)12(22-15(17)21)9-10-5-7-16-8-6-10/h5-9,11H,2-4H2,1H3,(H,19,20)/b12-9-/t11-/m0/s1. The van der Waals surface area contributed by atoms with Crippen molar-refractivity contribution in [1.29, 1.82) is 0 Å². The Hall–Kier alpha value is -1.73. The third kappa shape index (κ3) is 3.72. The molecule has 1 amide bonds. The number of hydrogen-bond donors (Lipinski definition) is 1. The highest BCUT2D eigenvalue weighted by molar-refractivity contribution is 8.26. The van der Waals surface area contributed by atoms with Crippen LogP contribution in [0.15, 0.2) is 29.4 Å². The number of carboxylic acid groups (broad SMARTS) is 1. The van der Waals surface area contributed by atoms with Crippen molar-refractivity contribution in [1.82, 2.24) is 9.88 Å². The largest absolute Gasteiger partial charge is 0.480 e. The van der Waals surface area contributed by atoms with Gasteiger partial charge in [-0.25, -0.2) is 4.79 Å². The predicted octanol–water partition coefficient (Wildman–Crippen LogP) is 2.93. The van der Waals surface area contributed by atoms with Crippen LogP contribution in [-0.2, 0) is 9.59 Å². The Morgan fingerprint density at radius 2 is 2.18 bits per heavy atom. The van der Waals surface area contributed by atoms with Gasteiger partial charge in [0.05, 0.1) is 4.91 Å². The maximum Gasteiger partial charge on any atom is 0.326 e. The van der Waals surface area contributed by atoms with E-state index >= 15 is 0 Å². The molecule has 22 heavy (non-hydrogen) atoms. The number of pyridine rings is 1. The van der Waals surface area contributed by atoms with Crippen molar-refractivity contribution < 1.29 is 14.7 Å². The quantitative estimate of drug-likeness (QED) is 0.636. The van der Waals surface area contributed by atoms with Crippen molar-refractivity contribution in [3.8, 4) is 0 Å². The summed E-state index contributed by atoms with van der Waals surface area (Å²) >= 11 is 6.35. The van der Waals surface area contributed by atoms with Gasteiger partial charge in [0.25, 0.3) is 5.91 Å². The zero-order valence-electron chi connectivity index (χ0n) is 12.1. The topological polar surface area (TPSA) is 70.5 Å². The van der Waals surface area contributed by atoms with E-state index in [9.17, 15) is 14.7 Å². The van der Waals surface area contributed by atoms with Crippen molar-refractivity contribution >= 4 is 46.3 Å². The molecule has 0 bridgehead atoms. The van der Waals surface area contributed by atoms with Gasteiger partial charge in [0.15, 0.2) is 0 Å². The number of thiocarbonyl (C=S) groups is 1. The first kappa shape index (κ1) is 16.6. The molecule has 2 heterocycles. The monoisotopic (exact) mass is 336 g/mol. The Balaban J connectivity index is 2.24. The van der Waals surface area contributed by atoms with E-state index in [1.54, 1.807) is 30.6 Å². The van der Waals surface area contributed by atoms with E-state index in [1.165, 1.54) is 4.90 Å².